The largest absolute Gasteiger partial charge is 0.489 e. The summed E-state index contributed by atoms with van der Waals surface area (Å²) < 4.78 is 5.58. The highest BCUT2D eigenvalue weighted by Gasteiger charge is 1.94. The number of hydrogen-bond acceptors (Lipinski definition) is 2. The maximum absolute atomic E-state index is 5.58. The van der Waals surface area contributed by atoms with E-state index in [4.69, 9.17) is 10.5 Å². The van der Waals surface area contributed by atoms with Crippen molar-refractivity contribution in [3.63, 3.8) is 0 Å². The SMILES string of the molecule is C/C(=C\CN)COc1cccc(C)c1.Cl. The summed E-state index contributed by atoms with van der Waals surface area (Å²) >= 11 is 0. The van der Waals surface area contributed by atoms with Crippen molar-refractivity contribution >= 4 is 12.4 Å². The van der Waals surface area contributed by atoms with E-state index in [1.807, 2.05) is 31.2 Å². The molecule has 1 rings (SSSR count). The molecular formula is C12H18ClNO. The molecule has 0 aromatic heterocycles. The van der Waals surface area contributed by atoms with Gasteiger partial charge in [0.25, 0.3) is 0 Å². The predicted octanol–water partition coefficient (Wildman–Crippen LogP) is 2.70. The molecule has 0 amide bonds. The summed E-state index contributed by atoms with van der Waals surface area (Å²) in [6, 6.07) is 8.03. The summed E-state index contributed by atoms with van der Waals surface area (Å²) in [7, 11) is 0. The lowest BCUT2D eigenvalue weighted by Gasteiger charge is -2.06. The molecule has 0 radical (unpaired) electrons. The third-order valence-electron chi connectivity index (χ3n) is 1.92. The fraction of sp³-hybridized carbons (Fsp3) is 0.333. The first kappa shape index (κ1) is 14.0. The number of ether oxygens (including phenoxy) is 1. The summed E-state index contributed by atoms with van der Waals surface area (Å²) in [5, 5.41) is 0. The molecule has 0 unspecified atom stereocenters. The second-order valence-corrected chi connectivity index (χ2v) is 3.39. The van der Waals surface area contributed by atoms with Crippen LogP contribution in [-0.2, 0) is 0 Å². The van der Waals surface area contributed by atoms with Gasteiger partial charge in [0, 0.05) is 6.54 Å². The molecular weight excluding hydrogens is 210 g/mol. The number of rotatable bonds is 4. The molecule has 15 heavy (non-hydrogen) atoms. The van der Waals surface area contributed by atoms with Gasteiger partial charge >= 0.3 is 0 Å². The Kier molecular flexibility index (Phi) is 6.84. The van der Waals surface area contributed by atoms with E-state index >= 15 is 0 Å². The first-order chi connectivity index (χ1) is 6.72. The minimum absolute atomic E-state index is 0. The van der Waals surface area contributed by atoms with Gasteiger partial charge in [0.15, 0.2) is 0 Å². The van der Waals surface area contributed by atoms with E-state index in [0.717, 1.165) is 11.3 Å². The second-order valence-electron chi connectivity index (χ2n) is 3.39. The average molecular weight is 228 g/mol. The Bertz CT molecular complexity index is 323. The fourth-order valence-corrected chi connectivity index (χ4v) is 1.16. The molecule has 0 aliphatic carbocycles. The van der Waals surface area contributed by atoms with Crippen molar-refractivity contribution in [3.8, 4) is 5.75 Å². The third kappa shape index (κ3) is 5.45. The summed E-state index contributed by atoms with van der Waals surface area (Å²) in [5.41, 5.74) is 7.76. The third-order valence-corrected chi connectivity index (χ3v) is 1.92. The Morgan fingerprint density at radius 1 is 1.47 bits per heavy atom. The summed E-state index contributed by atoms with van der Waals surface area (Å²) in [6.07, 6.45) is 1.97. The molecule has 0 bridgehead atoms. The fourth-order valence-electron chi connectivity index (χ4n) is 1.16. The Morgan fingerprint density at radius 2 is 2.20 bits per heavy atom. The van der Waals surface area contributed by atoms with Crippen LogP contribution in [0.3, 0.4) is 0 Å². The van der Waals surface area contributed by atoms with Crippen LogP contribution in [0.4, 0.5) is 0 Å². The maximum atomic E-state index is 5.58. The number of nitrogens with two attached hydrogens (primary N) is 1. The quantitative estimate of drug-likeness (QED) is 0.803. The van der Waals surface area contributed by atoms with E-state index in [0.29, 0.717) is 13.2 Å². The standard InChI is InChI=1S/C12H17NO.ClH/c1-10-4-3-5-12(8-10)14-9-11(2)6-7-13;/h3-6,8H,7,9,13H2,1-2H3;1H/b11-6+;. The van der Waals surface area contributed by atoms with Crippen LogP contribution < -0.4 is 10.5 Å². The van der Waals surface area contributed by atoms with Gasteiger partial charge in [-0.1, -0.05) is 18.2 Å². The molecule has 2 N–H and O–H groups in total. The van der Waals surface area contributed by atoms with Crippen LogP contribution in [0.1, 0.15) is 12.5 Å². The second kappa shape index (κ2) is 7.32. The van der Waals surface area contributed by atoms with E-state index in [9.17, 15) is 0 Å². The molecule has 84 valence electrons. The van der Waals surface area contributed by atoms with Gasteiger partial charge in [-0.15, -0.1) is 12.4 Å². The Hall–Kier alpha value is -0.990. The van der Waals surface area contributed by atoms with E-state index in [2.05, 4.69) is 13.0 Å². The number of aryl methyl sites for hydroxylation is 1. The van der Waals surface area contributed by atoms with Crippen LogP contribution in [0.5, 0.6) is 5.75 Å². The Morgan fingerprint density at radius 3 is 2.80 bits per heavy atom. The van der Waals surface area contributed by atoms with Gasteiger partial charge in [-0.25, -0.2) is 0 Å². The van der Waals surface area contributed by atoms with Crippen LogP contribution in [0.2, 0.25) is 0 Å². The van der Waals surface area contributed by atoms with Crippen LogP contribution in [0.25, 0.3) is 0 Å². The molecule has 0 aliphatic rings. The van der Waals surface area contributed by atoms with Gasteiger partial charge in [-0.3, -0.25) is 0 Å². The van der Waals surface area contributed by atoms with Crippen LogP contribution >= 0.6 is 12.4 Å². The predicted molar refractivity (Wildman–Crippen MR) is 66.7 cm³/mol. The summed E-state index contributed by atoms with van der Waals surface area (Å²) in [5.74, 6) is 0.912. The van der Waals surface area contributed by atoms with E-state index in [-0.39, 0.29) is 12.4 Å². The number of halogens is 1. The average Bonchev–Trinajstić information content (AvgIpc) is 2.15. The van der Waals surface area contributed by atoms with Gasteiger partial charge < -0.3 is 10.5 Å². The Labute approximate surface area is 97.5 Å². The molecule has 0 heterocycles. The first-order valence-electron chi connectivity index (χ1n) is 4.77. The topological polar surface area (TPSA) is 35.2 Å². The van der Waals surface area contributed by atoms with Crippen LogP contribution in [0, 0.1) is 6.92 Å². The summed E-state index contributed by atoms with van der Waals surface area (Å²) in [4.78, 5) is 0. The van der Waals surface area contributed by atoms with Crippen molar-refractivity contribution in [1.82, 2.24) is 0 Å². The maximum Gasteiger partial charge on any atom is 0.120 e. The van der Waals surface area contributed by atoms with Gasteiger partial charge in [0.2, 0.25) is 0 Å². The van der Waals surface area contributed by atoms with Crippen molar-refractivity contribution in [3.05, 3.63) is 41.5 Å². The van der Waals surface area contributed by atoms with Crippen molar-refractivity contribution in [2.24, 2.45) is 5.73 Å². The lowest BCUT2D eigenvalue weighted by molar-refractivity contribution is 0.351. The number of benzene rings is 1. The first-order valence-corrected chi connectivity index (χ1v) is 4.77. The zero-order chi connectivity index (χ0) is 10.4. The van der Waals surface area contributed by atoms with Crippen LogP contribution in [-0.4, -0.2) is 13.2 Å². The van der Waals surface area contributed by atoms with Gasteiger partial charge in [-0.05, 0) is 37.1 Å². The molecule has 2 nitrogen and oxygen atoms in total. The molecule has 0 aliphatic heterocycles. The minimum Gasteiger partial charge on any atom is -0.489 e. The lowest BCUT2D eigenvalue weighted by atomic mass is 10.2. The van der Waals surface area contributed by atoms with Crippen LogP contribution in [0.15, 0.2) is 35.9 Å². The molecule has 1 aromatic carbocycles. The molecule has 0 fully saturated rings. The van der Waals surface area contributed by atoms with Gasteiger partial charge in [0.1, 0.15) is 12.4 Å². The van der Waals surface area contributed by atoms with E-state index in [1.54, 1.807) is 0 Å². The van der Waals surface area contributed by atoms with Crippen molar-refractivity contribution < 1.29 is 4.74 Å². The normalized spacial score (nSPS) is 10.7. The molecule has 0 saturated heterocycles. The van der Waals surface area contributed by atoms with E-state index < -0.39 is 0 Å². The smallest absolute Gasteiger partial charge is 0.120 e. The van der Waals surface area contributed by atoms with Gasteiger partial charge in [0.05, 0.1) is 0 Å². The zero-order valence-electron chi connectivity index (χ0n) is 9.19. The monoisotopic (exact) mass is 227 g/mol. The molecule has 0 spiro atoms. The molecule has 0 atom stereocenters. The number of hydrogen-bond donors (Lipinski definition) is 1. The highest BCUT2D eigenvalue weighted by molar-refractivity contribution is 5.85. The Balaban J connectivity index is 0.00000196. The van der Waals surface area contributed by atoms with Crippen molar-refractivity contribution in [1.29, 1.82) is 0 Å². The molecule has 3 heteroatoms. The minimum atomic E-state index is 0. The lowest BCUT2D eigenvalue weighted by Crippen LogP contribution is -2.02. The van der Waals surface area contributed by atoms with Gasteiger partial charge in [-0.2, -0.15) is 0 Å². The summed E-state index contributed by atoms with van der Waals surface area (Å²) in [6.45, 7) is 5.25. The highest BCUT2D eigenvalue weighted by atomic mass is 35.5. The van der Waals surface area contributed by atoms with E-state index in [1.165, 1.54) is 5.56 Å². The molecule has 0 saturated carbocycles. The van der Waals surface area contributed by atoms with Crippen molar-refractivity contribution in [2.75, 3.05) is 13.2 Å². The highest BCUT2D eigenvalue weighted by Crippen LogP contribution is 2.12. The molecule has 1 aromatic rings. The zero-order valence-corrected chi connectivity index (χ0v) is 10.0. The van der Waals surface area contributed by atoms with Crippen molar-refractivity contribution in [2.45, 2.75) is 13.8 Å².